The third kappa shape index (κ3) is 4.79. The molecule has 1 heterocycles. The van der Waals surface area contributed by atoms with Crippen molar-refractivity contribution in [1.82, 2.24) is 9.62 Å². The molecule has 3 aromatic rings. The SMILES string of the molecule is COC(=O)C1C(c2ccccc2)C(C(=O)NC(C)C)N(S(=O)(=O)c2ccccc2)C1c1ccccc1. The van der Waals surface area contributed by atoms with Gasteiger partial charge in [0.2, 0.25) is 15.9 Å². The smallest absolute Gasteiger partial charge is 0.311 e. The van der Waals surface area contributed by atoms with Gasteiger partial charge in [0.25, 0.3) is 0 Å². The molecule has 0 spiro atoms. The molecule has 4 rings (SSSR count). The highest BCUT2D eigenvalue weighted by molar-refractivity contribution is 7.89. The van der Waals surface area contributed by atoms with Crippen molar-refractivity contribution in [3.05, 3.63) is 102 Å². The molecule has 8 heteroatoms. The van der Waals surface area contributed by atoms with Crippen LogP contribution in [0.5, 0.6) is 0 Å². The summed E-state index contributed by atoms with van der Waals surface area (Å²) < 4.78 is 34.9. The van der Waals surface area contributed by atoms with Gasteiger partial charge in [0.05, 0.1) is 24.0 Å². The van der Waals surface area contributed by atoms with Crippen LogP contribution in [-0.4, -0.2) is 43.8 Å². The summed E-state index contributed by atoms with van der Waals surface area (Å²) in [6.45, 7) is 3.62. The van der Waals surface area contributed by atoms with E-state index in [0.717, 1.165) is 0 Å². The minimum Gasteiger partial charge on any atom is -0.469 e. The fourth-order valence-corrected chi connectivity index (χ4v) is 6.85. The van der Waals surface area contributed by atoms with E-state index < -0.39 is 45.8 Å². The number of carbonyl (C=O) groups is 2. The van der Waals surface area contributed by atoms with Gasteiger partial charge < -0.3 is 10.1 Å². The number of benzene rings is 3. The Labute approximate surface area is 212 Å². The van der Waals surface area contributed by atoms with E-state index in [-0.39, 0.29) is 10.9 Å². The summed E-state index contributed by atoms with van der Waals surface area (Å²) in [6.07, 6.45) is 0. The first-order valence-electron chi connectivity index (χ1n) is 11.8. The topological polar surface area (TPSA) is 92.8 Å². The van der Waals surface area contributed by atoms with Crippen LogP contribution in [0.15, 0.2) is 95.9 Å². The molecule has 0 aliphatic carbocycles. The summed E-state index contributed by atoms with van der Waals surface area (Å²) in [4.78, 5) is 27.2. The lowest BCUT2D eigenvalue weighted by molar-refractivity contribution is -0.146. The predicted octanol–water partition coefficient (Wildman–Crippen LogP) is 3.90. The maximum absolute atomic E-state index is 14.2. The summed E-state index contributed by atoms with van der Waals surface area (Å²) in [5, 5.41) is 2.89. The lowest BCUT2D eigenvalue weighted by Crippen LogP contribution is -2.50. The first kappa shape index (κ1) is 25.6. The normalized spacial score (nSPS) is 22.3. The molecule has 0 aromatic heterocycles. The fraction of sp³-hybridized carbons (Fsp3) is 0.286. The van der Waals surface area contributed by atoms with E-state index >= 15 is 0 Å². The van der Waals surface area contributed by atoms with Crippen LogP contribution in [0, 0.1) is 5.92 Å². The van der Waals surface area contributed by atoms with Crippen LogP contribution in [-0.2, 0) is 24.3 Å². The van der Waals surface area contributed by atoms with Crippen molar-refractivity contribution >= 4 is 21.9 Å². The molecule has 7 nitrogen and oxygen atoms in total. The zero-order chi connectivity index (χ0) is 25.9. The third-order valence-electron chi connectivity index (χ3n) is 6.43. The first-order valence-corrected chi connectivity index (χ1v) is 13.3. The molecule has 1 aliphatic rings. The second kappa shape index (κ2) is 10.6. The maximum Gasteiger partial charge on any atom is 0.311 e. The largest absolute Gasteiger partial charge is 0.469 e. The fourth-order valence-electron chi connectivity index (χ4n) is 5.03. The molecule has 0 saturated carbocycles. The van der Waals surface area contributed by atoms with Crippen molar-refractivity contribution < 1.29 is 22.7 Å². The van der Waals surface area contributed by atoms with Gasteiger partial charge in [-0.15, -0.1) is 0 Å². The molecule has 36 heavy (non-hydrogen) atoms. The van der Waals surface area contributed by atoms with Crippen LogP contribution >= 0.6 is 0 Å². The van der Waals surface area contributed by atoms with Crippen LogP contribution in [0.1, 0.15) is 36.9 Å². The Kier molecular flexibility index (Phi) is 7.56. The number of rotatable bonds is 7. The first-order chi connectivity index (χ1) is 17.3. The molecule has 1 aliphatic heterocycles. The van der Waals surface area contributed by atoms with Gasteiger partial charge in [-0.1, -0.05) is 78.9 Å². The molecular formula is C28H30N2O5S. The molecule has 0 bridgehead atoms. The predicted molar refractivity (Wildman–Crippen MR) is 136 cm³/mol. The van der Waals surface area contributed by atoms with E-state index in [1.54, 1.807) is 42.5 Å². The van der Waals surface area contributed by atoms with Crippen molar-refractivity contribution in [3.8, 4) is 0 Å². The Balaban J connectivity index is 2.03. The molecule has 4 unspecified atom stereocenters. The van der Waals surface area contributed by atoms with Gasteiger partial charge in [-0.3, -0.25) is 9.59 Å². The molecule has 1 N–H and O–H groups in total. The van der Waals surface area contributed by atoms with Crippen LogP contribution in [0.2, 0.25) is 0 Å². The minimum absolute atomic E-state index is 0.0469. The quantitative estimate of drug-likeness (QED) is 0.491. The number of amides is 1. The third-order valence-corrected chi connectivity index (χ3v) is 8.31. The number of methoxy groups -OCH3 is 1. The number of carbonyl (C=O) groups excluding carboxylic acids is 2. The number of ether oxygens (including phenoxy) is 1. The van der Waals surface area contributed by atoms with Gasteiger partial charge in [-0.05, 0) is 37.1 Å². The van der Waals surface area contributed by atoms with E-state index in [4.69, 9.17) is 4.74 Å². The maximum atomic E-state index is 14.2. The monoisotopic (exact) mass is 506 g/mol. The molecule has 0 radical (unpaired) electrons. The van der Waals surface area contributed by atoms with E-state index in [9.17, 15) is 18.0 Å². The molecule has 188 valence electrons. The minimum atomic E-state index is -4.22. The summed E-state index contributed by atoms with van der Waals surface area (Å²) in [7, 11) is -2.94. The highest BCUT2D eigenvalue weighted by atomic mass is 32.2. The molecule has 1 saturated heterocycles. The second-order valence-corrected chi connectivity index (χ2v) is 10.9. The van der Waals surface area contributed by atoms with Gasteiger partial charge in [-0.25, -0.2) is 8.42 Å². The Morgan fingerprint density at radius 2 is 1.33 bits per heavy atom. The van der Waals surface area contributed by atoms with Crippen LogP contribution in [0.3, 0.4) is 0 Å². The van der Waals surface area contributed by atoms with Gasteiger partial charge in [0, 0.05) is 12.0 Å². The summed E-state index contributed by atoms with van der Waals surface area (Å²) >= 11 is 0. The summed E-state index contributed by atoms with van der Waals surface area (Å²) in [5.74, 6) is -2.78. The number of esters is 1. The average molecular weight is 507 g/mol. The number of hydrogen-bond donors (Lipinski definition) is 1. The van der Waals surface area contributed by atoms with E-state index in [1.807, 2.05) is 50.2 Å². The van der Waals surface area contributed by atoms with Crippen molar-refractivity contribution in [1.29, 1.82) is 0 Å². The van der Waals surface area contributed by atoms with Crippen molar-refractivity contribution in [2.24, 2.45) is 5.92 Å². The highest BCUT2D eigenvalue weighted by Crippen LogP contribution is 2.52. The zero-order valence-corrected chi connectivity index (χ0v) is 21.3. The van der Waals surface area contributed by atoms with E-state index in [0.29, 0.717) is 11.1 Å². The second-order valence-electron chi connectivity index (χ2n) is 9.10. The Morgan fingerprint density at radius 3 is 1.83 bits per heavy atom. The van der Waals surface area contributed by atoms with Crippen LogP contribution < -0.4 is 5.32 Å². The van der Waals surface area contributed by atoms with Crippen LogP contribution in [0.4, 0.5) is 0 Å². The van der Waals surface area contributed by atoms with Gasteiger partial charge in [-0.2, -0.15) is 4.31 Å². The number of sulfonamides is 1. The van der Waals surface area contributed by atoms with Crippen molar-refractivity contribution in [2.45, 2.75) is 42.8 Å². The number of nitrogens with one attached hydrogen (secondary N) is 1. The highest BCUT2D eigenvalue weighted by Gasteiger charge is 2.60. The Bertz CT molecular complexity index is 1300. The number of hydrogen-bond acceptors (Lipinski definition) is 5. The van der Waals surface area contributed by atoms with Crippen LogP contribution in [0.25, 0.3) is 0 Å². The average Bonchev–Trinajstić information content (AvgIpc) is 3.26. The number of nitrogens with zero attached hydrogens (tertiary/aromatic N) is 1. The molecule has 1 amide bonds. The van der Waals surface area contributed by atoms with Crippen molar-refractivity contribution in [3.63, 3.8) is 0 Å². The molecular weight excluding hydrogens is 476 g/mol. The molecule has 1 fully saturated rings. The molecule has 4 atom stereocenters. The summed E-state index contributed by atoms with van der Waals surface area (Å²) in [6, 6.07) is 23.7. The van der Waals surface area contributed by atoms with E-state index in [2.05, 4.69) is 5.32 Å². The standard InChI is InChI=1S/C28H30N2O5S/c1-19(2)29-27(31)26-23(20-13-7-4-8-14-20)24(28(32)35-3)25(21-15-9-5-10-16-21)30(26)36(33,34)22-17-11-6-12-18-22/h4-19,23-26H,1-3H3,(H,29,31). The van der Waals surface area contributed by atoms with Gasteiger partial charge in [0.1, 0.15) is 6.04 Å². The Hall–Kier alpha value is -3.49. The summed E-state index contributed by atoms with van der Waals surface area (Å²) in [5.41, 5.74) is 1.29. The Morgan fingerprint density at radius 1 is 0.833 bits per heavy atom. The van der Waals surface area contributed by atoms with Gasteiger partial charge >= 0.3 is 5.97 Å². The zero-order valence-electron chi connectivity index (χ0n) is 20.4. The lowest BCUT2D eigenvalue weighted by Gasteiger charge is -2.31. The van der Waals surface area contributed by atoms with Gasteiger partial charge in [0.15, 0.2) is 0 Å². The molecule has 3 aromatic carbocycles. The lowest BCUT2D eigenvalue weighted by atomic mass is 9.79. The van der Waals surface area contributed by atoms with Crippen molar-refractivity contribution in [2.75, 3.05) is 7.11 Å². The van der Waals surface area contributed by atoms with E-state index in [1.165, 1.54) is 23.5 Å².